The largest absolute Gasteiger partial charge is 0.411 e. The number of hydrazone groups is 1. The van der Waals surface area contributed by atoms with Gasteiger partial charge in [0.2, 0.25) is 5.91 Å². The molecule has 2 aliphatic rings. The lowest BCUT2D eigenvalue weighted by molar-refractivity contribution is -0.174. The number of alkyl halides is 3. The fourth-order valence-electron chi connectivity index (χ4n) is 2.49. The molecule has 0 spiro atoms. The molecule has 1 amide bonds. The summed E-state index contributed by atoms with van der Waals surface area (Å²) in [6, 6.07) is 0. The Hall–Kier alpha value is -1.11. The number of hydrogen-bond acceptors (Lipinski definition) is 3. The highest BCUT2D eigenvalue weighted by Crippen LogP contribution is 2.29. The molecule has 1 aliphatic heterocycles. The first kappa shape index (κ1) is 14.3. The minimum absolute atomic E-state index is 0.0884. The number of amides is 1. The molecule has 0 aromatic rings. The van der Waals surface area contributed by atoms with Gasteiger partial charge in [-0.05, 0) is 18.8 Å². The van der Waals surface area contributed by atoms with E-state index in [0.717, 1.165) is 31.4 Å². The molecule has 0 unspecified atom stereocenters. The van der Waals surface area contributed by atoms with E-state index >= 15 is 0 Å². The van der Waals surface area contributed by atoms with Crippen LogP contribution in [0, 0.1) is 5.92 Å². The van der Waals surface area contributed by atoms with E-state index in [-0.39, 0.29) is 19.1 Å². The molecule has 0 bridgehead atoms. The zero-order valence-corrected chi connectivity index (χ0v) is 10.6. The lowest BCUT2D eigenvalue weighted by Gasteiger charge is -2.12. The second kappa shape index (κ2) is 5.90. The van der Waals surface area contributed by atoms with Crippen molar-refractivity contribution in [2.75, 3.05) is 19.8 Å². The first-order chi connectivity index (χ1) is 8.96. The number of rotatable bonds is 5. The van der Waals surface area contributed by atoms with Crippen molar-refractivity contribution in [2.45, 2.75) is 38.3 Å². The predicted octanol–water partition coefficient (Wildman–Crippen LogP) is 2.34. The summed E-state index contributed by atoms with van der Waals surface area (Å²) in [6.07, 6.45) is 0.422. The van der Waals surface area contributed by atoms with Gasteiger partial charge in [-0.25, -0.2) is 5.01 Å². The second-order valence-electron chi connectivity index (χ2n) is 4.93. The fraction of sp³-hybridized carbons (Fsp3) is 0.833. The Morgan fingerprint density at radius 1 is 1.32 bits per heavy atom. The number of ether oxygens (including phenoxy) is 1. The maximum Gasteiger partial charge on any atom is 0.411 e. The van der Waals surface area contributed by atoms with Crippen LogP contribution in [-0.2, 0) is 9.53 Å². The molecule has 7 heteroatoms. The highest BCUT2D eigenvalue weighted by molar-refractivity contribution is 6.06. The summed E-state index contributed by atoms with van der Waals surface area (Å²) in [5.41, 5.74) is 0.887. The van der Waals surface area contributed by atoms with Crippen LogP contribution in [0.2, 0.25) is 0 Å². The van der Waals surface area contributed by atoms with Gasteiger partial charge in [0, 0.05) is 0 Å². The average Bonchev–Trinajstić information content (AvgIpc) is 2.92. The molecule has 1 saturated carbocycles. The summed E-state index contributed by atoms with van der Waals surface area (Å²) in [5, 5.41) is 5.46. The van der Waals surface area contributed by atoms with Gasteiger partial charge in [-0.1, -0.05) is 12.8 Å². The van der Waals surface area contributed by atoms with E-state index in [2.05, 4.69) is 9.84 Å². The smallest absolute Gasteiger partial charge is 0.370 e. The zero-order valence-electron chi connectivity index (χ0n) is 10.6. The van der Waals surface area contributed by atoms with Crippen LogP contribution in [0.1, 0.15) is 32.1 Å². The molecule has 1 aliphatic carbocycles. The van der Waals surface area contributed by atoms with Gasteiger partial charge in [0.25, 0.3) is 0 Å². The van der Waals surface area contributed by atoms with Crippen LogP contribution in [0.4, 0.5) is 13.2 Å². The number of hydrogen-bond donors (Lipinski definition) is 0. The maximum atomic E-state index is 11.9. The van der Waals surface area contributed by atoms with Crippen LogP contribution in [0.5, 0.6) is 0 Å². The molecular weight excluding hydrogens is 261 g/mol. The van der Waals surface area contributed by atoms with E-state index in [1.165, 1.54) is 5.01 Å². The SMILES string of the molecule is O=C1CC(C2CCCC2)=NN1CCOCC(F)(F)F. The summed E-state index contributed by atoms with van der Waals surface area (Å²) in [5.74, 6) is 0.238. The van der Waals surface area contributed by atoms with E-state index in [1.54, 1.807) is 0 Å². The van der Waals surface area contributed by atoms with E-state index < -0.39 is 12.8 Å². The molecule has 108 valence electrons. The Labute approximate surface area is 109 Å². The van der Waals surface area contributed by atoms with E-state index in [4.69, 9.17) is 0 Å². The topological polar surface area (TPSA) is 41.9 Å². The van der Waals surface area contributed by atoms with Crippen molar-refractivity contribution >= 4 is 11.6 Å². The van der Waals surface area contributed by atoms with Crippen LogP contribution in [0.15, 0.2) is 5.10 Å². The standard InChI is InChI=1S/C12H17F3N2O2/c13-12(14,15)8-19-6-5-17-11(18)7-10(16-17)9-3-1-2-4-9/h9H,1-8H2. The van der Waals surface area contributed by atoms with E-state index in [0.29, 0.717) is 12.3 Å². The van der Waals surface area contributed by atoms with Crippen molar-refractivity contribution in [3.63, 3.8) is 0 Å². The van der Waals surface area contributed by atoms with Crippen LogP contribution in [0.25, 0.3) is 0 Å². The first-order valence-electron chi connectivity index (χ1n) is 6.48. The lowest BCUT2D eigenvalue weighted by atomic mass is 10.00. The average molecular weight is 278 g/mol. The van der Waals surface area contributed by atoms with Crippen molar-refractivity contribution in [3.05, 3.63) is 0 Å². The minimum atomic E-state index is -4.33. The molecule has 0 aromatic carbocycles. The van der Waals surface area contributed by atoms with E-state index in [9.17, 15) is 18.0 Å². The molecular formula is C12H17F3N2O2. The molecule has 1 heterocycles. The molecule has 0 saturated heterocycles. The number of carbonyl (C=O) groups excluding carboxylic acids is 1. The zero-order chi connectivity index (χ0) is 13.9. The third kappa shape index (κ3) is 4.19. The summed E-state index contributed by atoms with van der Waals surface area (Å²) in [7, 11) is 0. The molecule has 4 nitrogen and oxygen atoms in total. The number of carbonyl (C=O) groups is 1. The Morgan fingerprint density at radius 3 is 2.63 bits per heavy atom. The Morgan fingerprint density at radius 2 is 2.00 bits per heavy atom. The summed E-state index contributed by atoms with van der Waals surface area (Å²) < 4.78 is 40.1. The van der Waals surface area contributed by atoms with Crippen molar-refractivity contribution in [3.8, 4) is 0 Å². The fourth-order valence-corrected chi connectivity index (χ4v) is 2.49. The molecule has 0 atom stereocenters. The van der Waals surface area contributed by atoms with Gasteiger partial charge in [0.05, 0.1) is 25.3 Å². The lowest BCUT2D eigenvalue weighted by Crippen LogP contribution is -2.27. The quantitative estimate of drug-likeness (QED) is 0.724. The van der Waals surface area contributed by atoms with Crippen molar-refractivity contribution in [2.24, 2.45) is 11.0 Å². The summed E-state index contributed by atoms with van der Waals surface area (Å²) in [4.78, 5) is 11.7. The van der Waals surface area contributed by atoms with Crippen LogP contribution < -0.4 is 0 Å². The normalized spacial score (nSPS) is 21.3. The van der Waals surface area contributed by atoms with Crippen molar-refractivity contribution < 1.29 is 22.7 Å². The Bertz CT molecular complexity index is 362. The molecule has 0 aromatic heterocycles. The Balaban J connectivity index is 1.75. The monoisotopic (exact) mass is 278 g/mol. The number of nitrogens with zero attached hydrogens (tertiary/aromatic N) is 2. The van der Waals surface area contributed by atoms with Gasteiger partial charge in [-0.15, -0.1) is 0 Å². The van der Waals surface area contributed by atoms with Gasteiger partial charge in [-0.3, -0.25) is 4.79 Å². The van der Waals surface area contributed by atoms with Gasteiger partial charge in [0.1, 0.15) is 6.61 Å². The number of halogens is 3. The summed E-state index contributed by atoms with van der Waals surface area (Å²) >= 11 is 0. The molecule has 0 N–H and O–H groups in total. The van der Waals surface area contributed by atoms with Gasteiger partial charge >= 0.3 is 6.18 Å². The van der Waals surface area contributed by atoms with Crippen molar-refractivity contribution in [1.29, 1.82) is 0 Å². The Kier molecular flexibility index (Phi) is 4.44. The minimum Gasteiger partial charge on any atom is -0.370 e. The molecule has 1 fully saturated rings. The van der Waals surface area contributed by atoms with Gasteiger partial charge in [-0.2, -0.15) is 18.3 Å². The molecule has 19 heavy (non-hydrogen) atoms. The third-order valence-corrected chi connectivity index (χ3v) is 3.41. The maximum absolute atomic E-state index is 11.9. The van der Waals surface area contributed by atoms with Crippen LogP contribution in [-0.4, -0.2) is 42.6 Å². The van der Waals surface area contributed by atoms with Crippen LogP contribution >= 0.6 is 0 Å². The van der Waals surface area contributed by atoms with E-state index in [1.807, 2.05) is 0 Å². The molecule has 2 rings (SSSR count). The second-order valence-corrected chi connectivity index (χ2v) is 4.93. The third-order valence-electron chi connectivity index (χ3n) is 3.41. The molecule has 0 radical (unpaired) electrons. The highest BCUT2D eigenvalue weighted by atomic mass is 19.4. The van der Waals surface area contributed by atoms with Gasteiger partial charge < -0.3 is 4.74 Å². The first-order valence-corrected chi connectivity index (χ1v) is 6.48. The predicted molar refractivity (Wildman–Crippen MR) is 62.6 cm³/mol. The highest BCUT2D eigenvalue weighted by Gasteiger charge is 2.31. The van der Waals surface area contributed by atoms with Gasteiger partial charge in [0.15, 0.2) is 0 Å². The van der Waals surface area contributed by atoms with Crippen LogP contribution in [0.3, 0.4) is 0 Å². The van der Waals surface area contributed by atoms with Crippen molar-refractivity contribution in [1.82, 2.24) is 5.01 Å². The summed E-state index contributed by atoms with van der Waals surface area (Å²) in [6.45, 7) is -1.34.